The number of cyclic esters (lactones) is 1. The summed E-state index contributed by atoms with van der Waals surface area (Å²) in [4.78, 5) is 37.5. The number of aromatic nitrogens is 2. The van der Waals surface area contributed by atoms with E-state index in [1.54, 1.807) is 22.2 Å². The topological polar surface area (TPSA) is 75.6 Å². The van der Waals surface area contributed by atoms with Crippen molar-refractivity contribution in [2.45, 2.75) is 6.04 Å². The standard InChI is InChI=1S/C21H18N4O3/c26-20(24-8-9-25-15(12-24)13-28-21(25)27)17-10-19(14-4-3-7-22-11-14)23-18-6-2-1-5-16(17)18/h1-7,10-11,15H,8-9,12-13H2. The molecule has 4 heterocycles. The van der Waals surface area contributed by atoms with Crippen LogP contribution in [0.2, 0.25) is 0 Å². The van der Waals surface area contributed by atoms with Crippen molar-refractivity contribution in [3.63, 3.8) is 0 Å². The number of hydrogen-bond acceptors (Lipinski definition) is 5. The molecule has 1 unspecified atom stereocenters. The number of nitrogens with zero attached hydrogens (tertiary/aromatic N) is 4. The van der Waals surface area contributed by atoms with Gasteiger partial charge in [0, 0.05) is 43.0 Å². The predicted molar refractivity (Wildman–Crippen MR) is 103 cm³/mol. The van der Waals surface area contributed by atoms with Crippen molar-refractivity contribution in [2.24, 2.45) is 0 Å². The number of ether oxygens (including phenoxy) is 1. The number of benzene rings is 1. The predicted octanol–water partition coefficient (Wildman–Crippen LogP) is 2.57. The highest BCUT2D eigenvalue weighted by Gasteiger charge is 2.39. The Kier molecular flexibility index (Phi) is 3.93. The second-order valence-electron chi connectivity index (χ2n) is 6.99. The molecule has 2 aliphatic heterocycles. The van der Waals surface area contributed by atoms with Crippen molar-refractivity contribution in [3.05, 3.63) is 60.4 Å². The maximum atomic E-state index is 13.4. The molecule has 0 N–H and O–H groups in total. The van der Waals surface area contributed by atoms with Crippen LogP contribution < -0.4 is 0 Å². The Morgan fingerprint density at radius 3 is 2.89 bits per heavy atom. The summed E-state index contributed by atoms with van der Waals surface area (Å²) in [5.41, 5.74) is 2.96. The zero-order valence-corrected chi connectivity index (χ0v) is 15.1. The zero-order chi connectivity index (χ0) is 19.1. The minimum Gasteiger partial charge on any atom is -0.447 e. The Labute approximate surface area is 161 Å². The summed E-state index contributed by atoms with van der Waals surface area (Å²) < 4.78 is 5.11. The largest absolute Gasteiger partial charge is 0.447 e. The normalized spacial score (nSPS) is 18.9. The number of pyridine rings is 2. The summed E-state index contributed by atoms with van der Waals surface area (Å²) >= 11 is 0. The Bertz CT molecular complexity index is 1070. The number of rotatable bonds is 2. The van der Waals surface area contributed by atoms with E-state index >= 15 is 0 Å². The van der Waals surface area contributed by atoms with E-state index in [4.69, 9.17) is 9.72 Å². The van der Waals surface area contributed by atoms with Crippen LogP contribution in [0, 0.1) is 0 Å². The first kappa shape index (κ1) is 16.7. The number of hydrogen-bond donors (Lipinski definition) is 0. The van der Waals surface area contributed by atoms with E-state index in [9.17, 15) is 9.59 Å². The van der Waals surface area contributed by atoms with Crippen LogP contribution >= 0.6 is 0 Å². The fraction of sp³-hybridized carbons (Fsp3) is 0.238. The van der Waals surface area contributed by atoms with Crippen LogP contribution in [0.5, 0.6) is 0 Å². The molecule has 2 fully saturated rings. The van der Waals surface area contributed by atoms with Gasteiger partial charge in [0.05, 0.1) is 22.8 Å². The summed E-state index contributed by atoms with van der Waals surface area (Å²) in [6.07, 6.45) is 3.16. The summed E-state index contributed by atoms with van der Waals surface area (Å²) in [5.74, 6) is -0.0530. The molecule has 140 valence electrons. The molecule has 7 nitrogen and oxygen atoms in total. The van der Waals surface area contributed by atoms with Gasteiger partial charge in [0.15, 0.2) is 0 Å². The third-order valence-electron chi connectivity index (χ3n) is 5.31. The minimum atomic E-state index is -0.287. The Hall–Kier alpha value is -3.48. The lowest BCUT2D eigenvalue weighted by molar-refractivity contribution is 0.0619. The molecule has 0 aliphatic carbocycles. The van der Waals surface area contributed by atoms with Gasteiger partial charge in [-0.3, -0.25) is 14.7 Å². The van der Waals surface area contributed by atoms with Crippen molar-refractivity contribution in [1.29, 1.82) is 0 Å². The molecule has 5 rings (SSSR count). The molecule has 2 amide bonds. The van der Waals surface area contributed by atoms with Gasteiger partial charge < -0.3 is 9.64 Å². The Balaban J connectivity index is 1.54. The fourth-order valence-corrected chi connectivity index (χ4v) is 3.86. The third kappa shape index (κ3) is 2.76. The summed E-state index contributed by atoms with van der Waals surface area (Å²) in [5, 5.41) is 0.821. The maximum absolute atomic E-state index is 13.4. The molecule has 0 bridgehead atoms. The van der Waals surface area contributed by atoms with Crippen LogP contribution in [0.1, 0.15) is 10.4 Å². The van der Waals surface area contributed by atoms with Gasteiger partial charge in [-0.05, 0) is 24.3 Å². The Morgan fingerprint density at radius 1 is 1.14 bits per heavy atom. The molecular formula is C21H18N4O3. The molecule has 2 aliphatic rings. The van der Waals surface area contributed by atoms with E-state index in [1.807, 2.05) is 42.5 Å². The number of piperazine rings is 1. The first-order valence-electron chi connectivity index (χ1n) is 9.23. The lowest BCUT2D eigenvalue weighted by Gasteiger charge is -2.35. The number of para-hydroxylation sites is 1. The molecular weight excluding hydrogens is 356 g/mol. The molecule has 1 atom stereocenters. The van der Waals surface area contributed by atoms with Crippen LogP contribution in [0.15, 0.2) is 54.9 Å². The van der Waals surface area contributed by atoms with E-state index < -0.39 is 0 Å². The molecule has 0 spiro atoms. The highest BCUT2D eigenvalue weighted by molar-refractivity contribution is 6.07. The molecule has 0 saturated carbocycles. The number of amides is 2. The summed E-state index contributed by atoms with van der Waals surface area (Å²) in [7, 11) is 0. The molecule has 1 aromatic carbocycles. The molecule has 28 heavy (non-hydrogen) atoms. The average Bonchev–Trinajstić information content (AvgIpc) is 3.13. The van der Waals surface area contributed by atoms with Gasteiger partial charge in [-0.25, -0.2) is 9.78 Å². The number of carbonyl (C=O) groups excluding carboxylic acids is 2. The Morgan fingerprint density at radius 2 is 2.04 bits per heavy atom. The highest BCUT2D eigenvalue weighted by Crippen LogP contribution is 2.27. The van der Waals surface area contributed by atoms with Crippen molar-refractivity contribution >= 4 is 22.9 Å². The zero-order valence-electron chi connectivity index (χ0n) is 15.1. The van der Waals surface area contributed by atoms with E-state index in [-0.39, 0.29) is 18.0 Å². The smallest absolute Gasteiger partial charge is 0.410 e. The van der Waals surface area contributed by atoms with Crippen molar-refractivity contribution < 1.29 is 14.3 Å². The second-order valence-corrected chi connectivity index (χ2v) is 6.99. The van der Waals surface area contributed by atoms with Crippen LogP contribution in [-0.4, -0.2) is 64.1 Å². The van der Waals surface area contributed by atoms with Crippen LogP contribution in [0.3, 0.4) is 0 Å². The van der Waals surface area contributed by atoms with Gasteiger partial charge in [0.1, 0.15) is 6.61 Å². The van der Waals surface area contributed by atoms with Crippen LogP contribution in [0.4, 0.5) is 4.79 Å². The minimum absolute atomic E-state index is 0.0530. The number of fused-ring (bicyclic) bond motifs is 2. The average molecular weight is 374 g/mol. The van der Waals surface area contributed by atoms with Gasteiger partial charge in [-0.1, -0.05) is 18.2 Å². The quantitative estimate of drug-likeness (QED) is 0.689. The fourth-order valence-electron chi connectivity index (χ4n) is 3.86. The maximum Gasteiger partial charge on any atom is 0.410 e. The van der Waals surface area contributed by atoms with Crippen LogP contribution in [0.25, 0.3) is 22.2 Å². The molecule has 3 aromatic rings. The highest BCUT2D eigenvalue weighted by atomic mass is 16.6. The molecule has 2 saturated heterocycles. The van der Waals surface area contributed by atoms with Gasteiger partial charge in [0.2, 0.25) is 0 Å². The van der Waals surface area contributed by atoms with Crippen molar-refractivity contribution in [1.82, 2.24) is 19.8 Å². The van der Waals surface area contributed by atoms with Gasteiger partial charge in [-0.2, -0.15) is 0 Å². The summed E-state index contributed by atoms with van der Waals surface area (Å²) in [6, 6.07) is 13.2. The van der Waals surface area contributed by atoms with E-state index in [0.29, 0.717) is 37.5 Å². The molecule has 0 radical (unpaired) electrons. The van der Waals surface area contributed by atoms with E-state index in [0.717, 1.165) is 16.5 Å². The first-order valence-corrected chi connectivity index (χ1v) is 9.23. The monoisotopic (exact) mass is 374 g/mol. The van der Waals surface area contributed by atoms with Gasteiger partial charge in [-0.15, -0.1) is 0 Å². The van der Waals surface area contributed by atoms with E-state index in [1.165, 1.54) is 0 Å². The molecule has 7 heteroatoms. The van der Waals surface area contributed by atoms with Crippen LogP contribution in [-0.2, 0) is 4.74 Å². The van der Waals surface area contributed by atoms with E-state index in [2.05, 4.69) is 4.98 Å². The van der Waals surface area contributed by atoms with Gasteiger partial charge in [0.25, 0.3) is 5.91 Å². The van der Waals surface area contributed by atoms with Gasteiger partial charge >= 0.3 is 6.09 Å². The van der Waals surface area contributed by atoms with Crippen molar-refractivity contribution in [2.75, 3.05) is 26.2 Å². The second kappa shape index (κ2) is 6.60. The third-order valence-corrected chi connectivity index (χ3v) is 5.31. The molecule has 2 aromatic heterocycles. The SMILES string of the molecule is O=C(c1cc(-c2cccnc2)nc2ccccc12)N1CCN2C(=O)OCC2C1. The van der Waals surface area contributed by atoms with Crippen molar-refractivity contribution in [3.8, 4) is 11.3 Å². The lowest BCUT2D eigenvalue weighted by Crippen LogP contribution is -2.53. The first-order chi connectivity index (χ1) is 13.7. The lowest BCUT2D eigenvalue weighted by atomic mass is 10.0. The summed E-state index contributed by atoms with van der Waals surface area (Å²) in [6.45, 7) is 1.79. The number of carbonyl (C=O) groups is 2.